The minimum Gasteiger partial charge on any atom is -0.242 e. The summed E-state index contributed by atoms with van der Waals surface area (Å²) in [7, 11) is 2.18. The minimum atomic E-state index is 0.693. The van der Waals surface area contributed by atoms with Crippen LogP contribution in [0.1, 0.15) is 18.9 Å². The fourth-order valence-corrected chi connectivity index (χ4v) is 1.94. The van der Waals surface area contributed by atoms with Crippen LogP contribution in [0.25, 0.3) is 0 Å². The van der Waals surface area contributed by atoms with Gasteiger partial charge in [0.25, 0.3) is 0 Å². The van der Waals surface area contributed by atoms with Crippen molar-refractivity contribution in [2.45, 2.75) is 25.9 Å². The maximum atomic E-state index is 2.42. The molecule has 0 aliphatic carbocycles. The lowest BCUT2D eigenvalue weighted by molar-refractivity contribution is 0.0222. The van der Waals surface area contributed by atoms with Gasteiger partial charge in [0, 0.05) is 26.2 Å². The van der Waals surface area contributed by atoms with Gasteiger partial charge in [-0.1, -0.05) is 30.3 Å². The number of benzene rings is 1. The second-order valence-electron chi connectivity index (χ2n) is 4.09. The molecule has 76 valence electrons. The van der Waals surface area contributed by atoms with Crippen LogP contribution < -0.4 is 0 Å². The van der Waals surface area contributed by atoms with Crippen LogP contribution in [-0.2, 0) is 6.54 Å². The third kappa shape index (κ3) is 1.97. The molecule has 1 saturated heterocycles. The molecule has 1 aliphatic heterocycles. The van der Waals surface area contributed by atoms with Crippen LogP contribution in [0.4, 0.5) is 0 Å². The fourth-order valence-electron chi connectivity index (χ4n) is 1.94. The Bertz CT molecular complexity index is 284. The highest BCUT2D eigenvalue weighted by Crippen LogP contribution is 2.18. The van der Waals surface area contributed by atoms with Gasteiger partial charge in [0.15, 0.2) is 0 Å². The Morgan fingerprint density at radius 1 is 1.29 bits per heavy atom. The van der Waals surface area contributed by atoms with Gasteiger partial charge in [-0.2, -0.15) is 0 Å². The monoisotopic (exact) mass is 190 g/mol. The second-order valence-corrected chi connectivity index (χ2v) is 4.09. The van der Waals surface area contributed by atoms with Crippen molar-refractivity contribution in [3.63, 3.8) is 0 Å². The zero-order valence-electron chi connectivity index (χ0n) is 8.98. The third-order valence-electron chi connectivity index (χ3n) is 3.10. The Hall–Kier alpha value is -0.860. The van der Waals surface area contributed by atoms with Crippen LogP contribution in [-0.4, -0.2) is 29.7 Å². The van der Waals surface area contributed by atoms with Crippen molar-refractivity contribution in [3.05, 3.63) is 35.9 Å². The molecule has 0 bridgehead atoms. The summed E-state index contributed by atoms with van der Waals surface area (Å²) in [5.41, 5.74) is 1.40. The Morgan fingerprint density at radius 2 is 2.00 bits per heavy atom. The van der Waals surface area contributed by atoms with Crippen LogP contribution >= 0.6 is 0 Å². The van der Waals surface area contributed by atoms with E-state index in [1.807, 2.05) is 0 Å². The van der Waals surface area contributed by atoms with E-state index in [4.69, 9.17) is 0 Å². The van der Waals surface area contributed by atoms with Crippen LogP contribution in [0.15, 0.2) is 30.3 Å². The molecule has 2 rings (SSSR count). The molecule has 2 nitrogen and oxygen atoms in total. The van der Waals surface area contributed by atoms with E-state index in [1.165, 1.54) is 18.5 Å². The third-order valence-corrected chi connectivity index (χ3v) is 3.10. The Labute approximate surface area is 86.1 Å². The smallest absolute Gasteiger partial charge is 0.0384 e. The van der Waals surface area contributed by atoms with Crippen molar-refractivity contribution < 1.29 is 0 Å². The molecule has 0 saturated carbocycles. The molecule has 0 aromatic heterocycles. The van der Waals surface area contributed by atoms with E-state index in [0.29, 0.717) is 6.04 Å². The van der Waals surface area contributed by atoms with Crippen molar-refractivity contribution in [1.82, 2.24) is 10.0 Å². The second kappa shape index (κ2) is 4.11. The first kappa shape index (κ1) is 9.69. The lowest BCUT2D eigenvalue weighted by Gasteiger charge is -2.26. The van der Waals surface area contributed by atoms with Gasteiger partial charge in [-0.3, -0.25) is 0 Å². The quantitative estimate of drug-likeness (QED) is 0.705. The zero-order valence-corrected chi connectivity index (χ0v) is 8.98. The van der Waals surface area contributed by atoms with Gasteiger partial charge in [0.1, 0.15) is 0 Å². The maximum absolute atomic E-state index is 2.42. The number of hydrazine groups is 1. The molecule has 1 fully saturated rings. The van der Waals surface area contributed by atoms with Crippen molar-refractivity contribution in [1.29, 1.82) is 0 Å². The highest BCUT2D eigenvalue weighted by molar-refractivity contribution is 5.14. The van der Waals surface area contributed by atoms with Gasteiger partial charge in [-0.05, 0) is 18.9 Å². The van der Waals surface area contributed by atoms with E-state index in [2.05, 4.69) is 54.3 Å². The van der Waals surface area contributed by atoms with E-state index in [9.17, 15) is 0 Å². The average Bonchev–Trinajstić information content (AvgIpc) is 2.52. The van der Waals surface area contributed by atoms with Crippen molar-refractivity contribution in [3.8, 4) is 0 Å². The van der Waals surface area contributed by atoms with Gasteiger partial charge < -0.3 is 0 Å². The van der Waals surface area contributed by atoms with Crippen molar-refractivity contribution in [2.24, 2.45) is 0 Å². The summed E-state index contributed by atoms with van der Waals surface area (Å²) in [6, 6.07) is 11.4. The van der Waals surface area contributed by atoms with E-state index >= 15 is 0 Å². The van der Waals surface area contributed by atoms with Crippen LogP contribution in [0, 0.1) is 0 Å². The normalized spacial score (nSPS) is 24.3. The summed E-state index contributed by atoms with van der Waals surface area (Å²) in [6.45, 7) is 4.51. The molecule has 1 aliphatic rings. The summed E-state index contributed by atoms with van der Waals surface area (Å²) in [5, 5.41) is 4.77. The molecule has 1 unspecified atom stereocenters. The Balaban J connectivity index is 1.99. The first-order valence-electron chi connectivity index (χ1n) is 5.29. The number of hydrogen-bond acceptors (Lipinski definition) is 2. The predicted octanol–water partition coefficient (Wildman–Crippen LogP) is 2.13. The summed E-state index contributed by atoms with van der Waals surface area (Å²) < 4.78 is 0. The van der Waals surface area contributed by atoms with Gasteiger partial charge in [0.2, 0.25) is 0 Å². The molecule has 0 radical (unpaired) electrons. The topological polar surface area (TPSA) is 6.48 Å². The number of nitrogens with zero attached hydrogens (tertiary/aromatic N) is 2. The molecular formula is C12H18N2. The lowest BCUT2D eigenvalue weighted by Crippen LogP contribution is -2.35. The molecule has 1 aromatic rings. The van der Waals surface area contributed by atoms with Crippen LogP contribution in [0.3, 0.4) is 0 Å². The standard InChI is InChI=1S/C12H18N2/c1-11-8-9-14(13(11)2)10-12-6-4-3-5-7-12/h3-7,11H,8-10H2,1-2H3. The Morgan fingerprint density at radius 3 is 2.57 bits per heavy atom. The van der Waals surface area contributed by atoms with E-state index < -0.39 is 0 Å². The number of rotatable bonds is 2. The Kier molecular flexibility index (Phi) is 2.85. The molecular weight excluding hydrogens is 172 g/mol. The van der Waals surface area contributed by atoms with Gasteiger partial charge >= 0.3 is 0 Å². The molecule has 1 atom stereocenters. The van der Waals surface area contributed by atoms with E-state index in [0.717, 1.165) is 6.54 Å². The van der Waals surface area contributed by atoms with Crippen molar-refractivity contribution in [2.75, 3.05) is 13.6 Å². The largest absolute Gasteiger partial charge is 0.242 e. The van der Waals surface area contributed by atoms with Gasteiger partial charge in [-0.25, -0.2) is 10.0 Å². The first-order valence-corrected chi connectivity index (χ1v) is 5.29. The van der Waals surface area contributed by atoms with Crippen LogP contribution in [0.2, 0.25) is 0 Å². The lowest BCUT2D eigenvalue weighted by atomic mass is 10.2. The SMILES string of the molecule is CC1CCN(Cc2ccccc2)N1C. The summed E-state index contributed by atoms with van der Waals surface area (Å²) >= 11 is 0. The molecule has 0 amide bonds. The molecule has 14 heavy (non-hydrogen) atoms. The van der Waals surface area contributed by atoms with E-state index in [-0.39, 0.29) is 0 Å². The zero-order chi connectivity index (χ0) is 9.97. The molecule has 1 aromatic carbocycles. The van der Waals surface area contributed by atoms with Crippen LogP contribution in [0.5, 0.6) is 0 Å². The molecule has 2 heteroatoms. The average molecular weight is 190 g/mol. The molecule has 0 N–H and O–H groups in total. The minimum absolute atomic E-state index is 0.693. The van der Waals surface area contributed by atoms with Gasteiger partial charge in [-0.15, -0.1) is 0 Å². The summed E-state index contributed by atoms with van der Waals surface area (Å²) in [4.78, 5) is 0. The predicted molar refractivity (Wildman–Crippen MR) is 58.7 cm³/mol. The summed E-state index contributed by atoms with van der Waals surface area (Å²) in [5.74, 6) is 0. The summed E-state index contributed by atoms with van der Waals surface area (Å²) in [6.07, 6.45) is 1.28. The highest BCUT2D eigenvalue weighted by Gasteiger charge is 2.24. The number of hydrogen-bond donors (Lipinski definition) is 0. The molecule has 0 spiro atoms. The van der Waals surface area contributed by atoms with Crippen molar-refractivity contribution >= 4 is 0 Å². The first-order chi connectivity index (χ1) is 6.77. The molecule has 1 heterocycles. The highest BCUT2D eigenvalue weighted by atomic mass is 15.6. The van der Waals surface area contributed by atoms with E-state index in [1.54, 1.807) is 0 Å². The fraction of sp³-hybridized carbons (Fsp3) is 0.500. The van der Waals surface area contributed by atoms with Gasteiger partial charge in [0.05, 0.1) is 0 Å². The maximum Gasteiger partial charge on any atom is 0.0384 e.